The molecule has 0 aliphatic heterocycles. The van der Waals surface area contributed by atoms with Gasteiger partial charge in [0.15, 0.2) is 6.61 Å². The van der Waals surface area contributed by atoms with E-state index >= 15 is 0 Å². The smallest absolute Gasteiger partial charge is 0.331 e. The third-order valence-corrected chi connectivity index (χ3v) is 2.58. The van der Waals surface area contributed by atoms with E-state index in [1.165, 1.54) is 13.1 Å². The van der Waals surface area contributed by atoms with Crippen molar-refractivity contribution in [3.63, 3.8) is 0 Å². The first-order valence-corrected chi connectivity index (χ1v) is 6.51. The zero-order valence-electron chi connectivity index (χ0n) is 12.4. The summed E-state index contributed by atoms with van der Waals surface area (Å²) < 4.78 is 9.81. The van der Waals surface area contributed by atoms with Crippen LogP contribution in [0.15, 0.2) is 30.3 Å². The van der Waals surface area contributed by atoms with Crippen LogP contribution in [0.2, 0.25) is 0 Å². The molecule has 0 bridgehead atoms. The van der Waals surface area contributed by atoms with E-state index in [-0.39, 0.29) is 12.5 Å². The third kappa shape index (κ3) is 6.56. The molecule has 0 fully saturated rings. The molecule has 7 heteroatoms. The summed E-state index contributed by atoms with van der Waals surface area (Å²) >= 11 is 0. The number of carbonyl (C=O) groups is 3. The summed E-state index contributed by atoms with van der Waals surface area (Å²) in [5.41, 5.74) is 0.764. The van der Waals surface area contributed by atoms with Crippen molar-refractivity contribution in [2.24, 2.45) is 0 Å². The van der Waals surface area contributed by atoms with Gasteiger partial charge in [0, 0.05) is 13.1 Å². The van der Waals surface area contributed by atoms with Gasteiger partial charge >= 0.3 is 5.97 Å². The van der Waals surface area contributed by atoms with Crippen molar-refractivity contribution in [3.05, 3.63) is 35.9 Å². The lowest BCUT2D eigenvalue weighted by atomic mass is 10.2. The van der Waals surface area contributed by atoms with E-state index in [0.29, 0.717) is 5.75 Å². The highest BCUT2D eigenvalue weighted by Crippen LogP contribution is 2.13. The number of hydrogen-bond acceptors (Lipinski definition) is 5. The molecule has 0 aliphatic rings. The van der Waals surface area contributed by atoms with Crippen LogP contribution in [-0.4, -0.2) is 45.1 Å². The van der Waals surface area contributed by atoms with E-state index in [9.17, 15) is 14.4 Å². The summed E-state index contributed by atoms with van der Waals surface area (Å²) in [6.45, 7) is -0.606. The minimum absolute atomic E-state index is 0.160. The first-order valence-electron chi connectivity index (χ1n) is 6.51. The Hall–Kier alpha value is -2.83. The van der Waals surface area contributed by atoms with Crippen molar-refractivity contribution in [2.75, 3.05) is 27.3 Å². The lowest BCUT2D eigenvalue weighted by Gasteiger charge is -2.04. The summed E-state index contributed by atoms with van der Waals surface area (Å²) in [5.74, 6) is -0.869. The Labute approximate surface area is 128 Å². The number of hydrogen-bond donors (Lipinski definition) is 2. The van der Waals surface area contributed by atoms with Crippen molar-refractivity contribution >= 4 is 23.9 Å². The molecule has 2 N–H and O–H groups in total. The first-order chi connectivity index (χ1) is 10.5. The van der Waals surface area contributed by atoms with Crippen molar-refractivity contribution in [1.82, 2.24) is 10.6 Å². The first kappa shape index (κ1) is 17.2. The highest BCUT2D eigenvalue weighted by Gasteiger charge is 2.06. The van der Waals surface area contributed by atoms with Crippen LogP contribution < -0.4 is 15.4 Å². The van der Waals surface area contributed by atoms with Crippen LogP contribution in [-0.2, 0) is 19.1 Å². The van der Waals surface area contributed by atoms with E-state index < -0.39 is 18.5 Å². The van der Waals surface area contributed by atoms with Crippen molar-refractivity contribution < 1.29 is 23.9 Å². The molecule has 2 amide bonds. The predicted molar refractivity (Wildman–Crippen MR) is 80.1 cm³/mol. The fraction of sp³-hybridized carbons (Fsp3) is 0.267. The van der Waals surface area contributed by atoms with Crippen LogP contribution in [0.4, 0.5) is 0 Å². The minimum Gasteiger partial charge on any atom is -0.497 e. The summed E-state index contributed by atoms with van der Waals surface area (Å²) in [7, 11) is 3.01. The van der Waals surface area contributed by atoms with Crippen LogP contribution >= 0.6 is 0 Å². The predicted octanol–water partition coefficient (Wildman–Crippen LogP) is 0.114. The van der Waals surface area contributed by atoms with Gasteiger partial charge in [-0.3, -0.25) is 9.59 Å². The molecule has 0 unspecified atom stereocenters. The van der Waals surface area contributed by atoms with Gasteiger partial charge in [0.2, 0.25) is 5.91 Å². The molecule has 0 saturated carbocycles. The summed E-state index contributed by atoms with van der Waals surface area (Å²) in [4.78, 5) is 33.7. The Bertz CT molecular complexity index is 569. The molecule has 0 aromatic heterocycles. The van der Waals surface area contributed by atoms with E-state index in [1.54, 1.807) is 37.5 Å². The van der Waals surface area contributed by atoms with E-state index in [0.717, 1.165) is 5.56 Å². The number of rotatable bonds is 7. The molecule has 0 radical (unpaired) electrons. The molecule has 1 aromatic carbocycles. The molecular formula is C15H18N2O5. The molecule has 1 rings (SSSR count). The van der Waals surface area contributed by atoms with Gasteiger partial charge in [-0.1, -0.05) is 12.1 Å². The summed E-state index contributed by atoms with van der Waals surface area (Å²) in [5, 5.41) is 4.66. The number of methoxy groups -OCH3 is 1. The van der Waals surface area contributed by atoms with E-state index in [4.69, 9.17) is 9.47 Å². The SMILES string of the molecule is CNC(=O)CNC(=O)COC(=O)/C=C/c1cccc(OC)c1. The van der Waals surface area contributed by atoms with Crippen LogP contribution in [0.3, 0.4) is 0 Å². The van der Waals surface area contributed by atoms with Crippen LogP contribution in [0.25, 0.3) is 6.08 Å². The van der Waals surface area contributed by atoms with E-state index in [1.807, 2.05) is 0 Å². The number of ether oxygens (including phenoxy) is 2. The maximum absolute atomic E-state index is 11.5. The van der Waals surface area contributed by atoms with Crippen LogP contribution in [0.1, 0.15) is 5.56 Å². The molecule has 0 atom stereocenters. The molecule has 118 valence electrons. The zero-order chi connectivity index (χ0) is 16.4. The maximum atomic E-state index is 11.5. The molecule has 7 nitrogen and oxygen atoms in total. The number of nitrogens with one attached hydrogen (secondary N) is 2. The fourth-order valence-electron chi connectivity index (χ4n) is 1.41. The molecule has 22 heavy (non-hydrogen) atoms. The summed E-state index contributed by atoms with van der Waals surface area (Å²) in [6.07, 6.45) is 2.76. The normalized spacial score (nSPS) is 10.1. The maximum Gasteiger partial charge on any atom is 0.331 e. The van der Waals surface area contributed by atoms with Crippen molar-refractivity contribution in [3.8, 4) is 5.75 Å². The average molecular weight is 306 g/mol. The van der Waals surface area contributed by atoms with Gasteiger partial charge in [-0.2, -0.15) is 0 Å². The molecule has 0 spiro atoms. The Morgan fingerprint density at radius 1 is 1.23 bits per heavy atom. The Kier molecular flexibility index (Phi) is 7.18. The summed E-state index contributed by atoms with van der Waals surface area (Å²) in [6, 6.07) is 7.12. The number of amides is 2. The average Bonchev–Trinajstić information content (AvgIpc) is 2.55. The fourth-order valence-corrected chi connectivity index (χ4v) is 1.41. The minimum atomic E-state index is -0.655. The van der Waals surface area contributed by atoms with Crippen LogP contribution in [0.5, 0.6) is 5.75 Å². The molecule has 0 saturated heterocycles. The Morgan fingerprint density at radius 3 is 2.68 bits per heavy atom. The number of carbonyl (C=O) groups excluding carboxylic acids is 3. The van der Waals surface area contributed by atoms with Gasteiger partial charge < -0.3 is 20.1 Å². The number of esters is 1. The monoisotopic (exact) mass is 306 g/mol. The Morgan fingerprint density at radius 2 is 2.00 bits per heavy atom. The molecule has 0 heterocycles. The second-order valence-corrected chi connectivity index (χ2v) is 4.17. The molecule has 1 aromatic rings. The largest absolute Gasteiger partial charge is 0.497 e. The highest BCUT2D eigenvalue weighted by atomic mass is 16.5. The van der Waals surface area contributed by atoms with Gasteiger partial charge in [0.25, 0.3) is 5.91 Å². The van der Waals surface area contributed by atoms with Crippen molar-refractivity contribution in [1.29, 1.82) is 0 Å². The van der Waals surface area contributed by atoms with Crippen LogP contribution in [0, 0.1) is 0 Å². The van der Waals surface area contributed by atoms with Crippen molar-refractivity contribution in [2.45, 2.75) is 0 Å². The molecule has 0 aliphatic carbocycles. The standard InChI is InChI=1S/C15H18N2O5/c1-16-13(18)9-17-14(19)10-22-15(20)7-6-11-4-3-5-12(8-11)21-2/h3-8H,9-10H2,1-2H3,(H,16,18)(H,17,19)/b7-6+. The highest BCUT2D eigenvalue weighted by molar-refractivity contribution is 5.90. The quantitative estimate of drug-likeness (QED) is 0.551. The second kappa shape index (κ2) is 9.17. The number of likely N-dealkylation sites (N-methyl/N-ethyl adjacent to an activating group) is 1. The third-order valence-electron chi connectivity index (χ3n) is 2.58. The Balaban J connectivity index is 2.37. The van der Waals surface area contributed by atoms with Gasteiger partial charge in [-0.05, 0) is 23.8 Å². The topological polar surface area (TPSA) is 93.7 Å². The van der Waals surface area contributed by atoms with Gasteiger partial charge in [-0.25, -0.2) is 4.79 Å². The molecular weight excluding hydrogens is 288 g/mol. The van der Waals surface area contributed by atoms with Gasteiger partial charge in [-0.15, -0.1) is 0 Å². The lowest BCUT2D eigenvalue weighted by molar-refractivity contribution is -0.143. The zero-order valence-corrected chi connectivity index (χ0v) is 12.4. The van der Waals surface area contributed by atoms with Gasteiger partial charge in [0.05, 0.1) is 13.7 Å². The lowest BCUT2D eigenvalue weighted by Crippen LogP contribution is -2.37. The van der Waals surface area contributed by atoms with E-state index in [2.05, 4.69) is 10.6 Å². The van der Waals surface area contributed by atoms with Gasteiger partial charge in [0.1, 0.15) is 5.75 Å². The second-order valence-electron chi connectivity index (χ2n) is 4.17. The number of benzene rings is 1.